The van der Waals surface area contributed by atoms with Gasteiger partial charge in [0.1, 0.15) is 6.61 Å². The molecule has 0 saturated carbocycles. The number of carbonyl (C=O) groups is 4. The zero-order chi connectivity index (χ0) is 24.3. The Kier molecular flexibility index (Phi) is 9.11. The number of alkyl halides is 1. The molecule has 0 heterocycles. The fourth-order valence-electron chi connectivity index (χ4n) is 2.96. The van der Waals surface area contributed by atoms with Gasteiger partial charge in [0.15, 0.2) is 18.5 Å². The van der Waals surface area contributed by atoms with Crippen molar-refractivity contribution in [3.63, 3.8) is 0 Å². The van der Waals surface area contributed by atoms with Crippen LogP contribution in [0.2, 0.25) is 0 Å². The number of carbonyl (C=O) groups excluding carboxylic acids is 4. The largest absolute Gasteiger partial charge is 0.461 e. The Morgan fingerprint density at radius 2 is 1.09 bits per heavy atom. The van der Waals surface area contributed by atoms with Crippen LogP contribution in [0.15, 0.2) is 91.0 Å². The number of halogens is 1. The van der Waals surface area contributed by atoms with Gasteiger partial charge in [-0.15, -0.1) is 0 Å². The van der Waals surface area contributed by atoms with E-state index in [4.69, 9.17) is 14.2 Å². The lowest BCUT2D eigenvalue weighted by atomic mass is 10.1. The van der Waals surface area contributed by atoms with Gasteiger partial charge in [0.25, 0.3) is 0 Å². The quantitative estimate of drug-likeness (QED) is 0.169. The van der Waals surface area contributed by atoms with Crippen LogP contribution in [0.1, 0.15) is 31.1 Å². The van der Waals surface area contributed by atoms with E-state index in [-0.39, 0.29) is 17.7 Å². The maximum absolute atomic E-state index is 12.7. The molecule has 3 aromatic rings. The predicted octanol–water partition coefficient (Wildman–Crippen LogP) is 4.26. The van der Waals surface area contributed by atoms with Crippen molar-refractivity contribution in [3.8, 4) is 0 Å². The van der Waals surface area contributed by atoms with Crippen LogP contribution >= 0.6 is 15.9 Å². The topological polar surface area (TPSA) is 96.0 Å². The molecule has 8 heteroatoms. The van der Waals surface area contributed by atoms with Gasteiger partial charge in [-0.1, -0.05) is 70.5 Å². The first-order chi connectivity index (χ1) is 16.5. The van der Waals surface area contributed by atoms with E-state index in [0.717, 1.165) is 0 Å². The lowest BCUT2D eigenvalue weighted by molar-refractivity contribution is -0.122. The molecule has 0 unspecified atom stereocenters. The Morgan fingerprint density at radius 1 is 0.676 bits per heavy atom. The average molecular weight is 525 g/mol. The summed E-state index contributed by atoms with van der Waals surface area (Å²) in [7, 11) is 0. The molecule has 0 saturated heterocycles. The molecule has 0 spiro atoms. The van der Waals surface area contributed by atoms with Crippen LogP contribution in [0.5, 0.6) is 0 Å². The summed E-state index contributed by atoms with van der Waals surface area (Å²) in [6.07, 6.45) is -2.36. The fraction of sp³-hybridized carbons (Fsp3) is 0.154. The SMILES string of the molecule is O=C[C@H](OC(=O)c1ccccc1)[C@@H](OC(=O)c1ccccc1)[C@H](Br)COC(=O)c1ccccc1. The highest BCUT2D eigenvalue weighted by Crippen LogP contribution is 2.20. The number of hydrogen-bond acceptors (Lipinski definition) is 7. The molecule has 7 nitrogen and oxygen atoms in total. The number of aldehydes is 1. The van der Waals surface area contributed by atoms with E-state index in [1.807, 2.05) is 0 Å². The predicted molar refractivity (Wildman–Crippen MR) is 127 cm³/mol. The first-order valence-corrected chi connectivity index (χ1v) is 11.2. The molecule has 0 N–H and O–H groups in total. The van der Waals surface area contributed by atoms with Crippen molar-refractivity contribution >= 4 is 40.1 Å². The summed E-state index contributed by atoms with van der Waals surface area (Å²) in [6, 6.07) is 24.6. The molecule has 0 radical (unpaired) electrons. The van der Waals surface area contributed by atoms with Gasteiger partial charge in [0, 0.05) is 0 Å². The Balaban J connectivity index is 1.76. The molecule has 3 rings (SSSR count). The van der Waals surface area contributed by atoms with Crippen LogP contribution in [-0.2, 0) is 19.0 Å². The molecule has 0 aliphatic heterocycles. The number of hydrogen-bond donors (Lipinski definition) is 0. The summed E-state index contributed by atoms with van der Waals surface area (Å²) < 4.78 is 16.2. The second-order valence-electron chi connectivity index (χ2n) is 7.09. The van der Waals surface area contributed by atoms with Gasteiger partial charge < -0.3 is 14.2 Å². The molecule has 3 aromatic carbocycles. The van der Waals surface area contributed by atoms with Gasteiger partial charge in [-0.05, 0) is 36.4 Å². The zero-order valence-corrected chi connectivity index (χ0v) is 19.5. The maximum atomic E-state index is 12.7. The molecule has 0 aliphatic carbocycles. The molecule has 0 fully saturated rings. The molecule has 3 atom stereocenters. The van der Waals surface area contributed by atoms with Crippen LogP contribution in [0.25, 0.3) is 0 Å². The second-order valence-corrected chi connectivity index (χ2v) is 8.26. The first-order valence-electron chi connectivity index (χ1n) is 10.3. The minimum Gasteiger partial charge on any atom is -0.461 e. The lowest BCUT2D eigenvalue weighted by Gasteiger charge is -2.27. The van der Waals surface area contributed by atoms with Crippen LogP contribution in [0.4, 0.5) is 0 Å². The number of esters is 3. The number of ether oxygens (including phenoxy) is 3. The van der Waals surface area contributed by atoms with Crippen molar-refractivity contribution < 1.29 is 33.4 Å². The Morgan fingerprint density at radius 3 is 1.53 bits per heavy atom. The monoisotopic (exact) mass is 524 g/mol. The van der Waals surface area contributed by atoms with Crippen molar-refractivity contribution in [2.75, 3.05) is 6.61 Å². The van der Waals surface area contributed by atoms with Crippen molar-refractivity contribution in [2.45, 2.75) is 17.0 Å². The van der Waals surface area contributed by atoms with Crippen LogP contribution < -0.4 is 0 Å². The summed E-state index contributed by atoms with van der Waals surface area (Å²) in [5, 5.41) is 0. The van der Waals surface area contributed by atoms with Crippen LogP contribution in [0.3, 0.4) is 0 Å². The number of benzene rings is 3. The highest BCUT2D eigenvalue weighted by Gasteiger charge is 2.36. The molecule has 34 heavy (non-hydrogen) atoms. The fourth-order valence-corrected chi connectivity index (χ4v) is 3.50. The van der Waals surface area contributed by atoms with Gasteiger partial charge in [-0.2, -0.15) is 0 Å². The smallest absolute Gasteiger partial charge is 0.338 e. The molecule has 0 aliphatic rings. The van der Waals surface area contributed by atoms with Crippen molar-refractivity contribution in [2.24, 2.45) is 0 Å². The Hall–Kier alpha value is -3.78. The third kappa shape index (κ3) is 6.86. The highest BCUT2D eigenvalue weighted by atomic mass is 79.9. The zero-order valence-electron chi connectivity index (χ0n) is 17.9. The second kappa shape index (κ2) is 12.5. The molecular formula is C26H21BrO7. The van der Waals surface area contributed by atoms with Gasteiger partial charge in [-0.3, -0.25) is 4.79 Å². The molecular weight excluding hydrogens is 504 g/mol. The Labute approximate surface area is 204 Å². The highest BCUT2D eigenvalue weighted by molar-refractivity contribution is 9.09. The molecule has 0 amide bonds. The third-order valence-electron chi connectivity index (χ3n) is 4.70. The standard InChI is InChI=1S/C26H21BrO7/c27-21(17-32-24(29)18-10-4-1-5-11-18)23(34-26(31)20-14-8-3-9-15-20)22(16-28)33-25(30)19-12-6-2-7-13-19/h1-16,21-23H,17H2/t21-,22+,23+/m1/s1. The summed E-state index contributed by atoms with van der Waals surface area (Å²) in [5.41, 5.74) is 0.805. The summed E-state index contributed by atoms with van der Waals surface area (Å²) in [6.45, 7) is -0.256. The lowest BCUT2D eigenvalue weighted by Crippen LogP contribution is -2.44. The van der Waals surface area contributed by atoms with Crippen LogP contribution in [-0.4, -0.2) is 47.8 Å². The van der Waals surface area contributed by atoms with E-state index < -0.39 is 34.9 Å². The Bertz CT molecular complexity index is 1100. The minimum absolute atomic E-state index is 0.226. The van der Waals surface area contributed by atoms with Gasteiger partial charge in [-0.25, -0.2) is 14.4 Å². The molecule has 174 valence electrons. The van der Waals surface area contributed by atoms with E-state index in [2.05, 4.69) is 15.9 Å². The van der Waals surface area contributed by atoms with Crippen LogP contribution in [0, 0.1) is 0 Å². The number of rotatable bonds is 10. The van der Waals surface area contributed by atoms with E-state index in [0.29, 0.717) is 11.8 Å². The summed E-state index contributed by atoms with van der Waals surface area (Å²) in [4.78, 5) is 48.6. The minimum atomic E-state index is -1.46. The van der Waals surface area contributed by atoms with Crippen molar-refractivity contribution in [3.05, 3.63) is 108 Å². The summed E-state index contributed by atoms with van der Waals surface area (Å²) in [5.74, 6) is -2.09. The molecule has 0 aromatic heterocycles. The van der Waals surface area contributed by atoms with Gasteiger partial charge in [0.05, 0.1) is 21.5 Å². The van der Waals surface area contributed by atoms with Crippen molar-refractivity contribution in [1.82, 2.24) is 0 Å². The van der Waals surface area contributed by atoms with E-state index >= 15 is 0 Å². The first kappa shape index (κ1) is 24.9. The van der Waals surface area contributed by atoms with E-state index in [9.17, 15) is 19.2 Å². The van der Waals surface area contributed by atoms with Crippen molar-refractivity contribution in [1.29, 1.82) is 0 Å². The van der Waals surface area contributed by atoms with E-state index in [1.54, 1.807) is 78.9 Å². The maximum Gasteiger partial charge on any atom is 0.338 e. The molecule has 0 bridgehead atoms. The third-order valence-corrected chi connectivity index (χ3v) is 5.49. The van der Waals surface area contributed by atoms with Gasteiger partial charge >= 0.3 is 17.9 Å². The van der Waals surface area contributed by atoms with E-state index in [1.165, 1.54) is 12.1 Å². The normalized spacial score (nSPS) is 13.1. The summed E-state index contributed by atoms with van der Waals surface area (Å²) >= 11 is 3.33. The average Bonchev–Trinajstić information content (AvgIpc) is 2.90. The van der Waals surface area contributed by atoms with Gasteiger partial charge in [0.2, 0.25) is 0 Å².